The van der Waals surface area contributed by atoms with Gasteiger partial charge in [0.25, 0.3) is 0 Å². The summed E-state index contributed by atoms with van der Waals surface area (Å²) in [6.45, 7) is 3.82. The van der Waals surface area contributed by atoms with Gasteiger partial charge in [-0.2, -0.15) is 0 Å². The number of benzene rings is 1. The van der Waals surface area contributed by atoms with Crippen LogP contribution in [0.4, 0.5) is 0 Å². The van der Waals surface area contributed by atoms with Crippen LogP contribution in [-0.4, -0.2) is 22.6 Å². The topological polar surface area (TPSA) is 46.5 Å². The molecule has 3 nitrogen and oxygen atoms in total. The average molecular weight is 246 g/mol. The number of hydrogen-bond donors (Lipinski definition) is 1. The molecule has 0 saturated carbocycles. The maximum Gasteiger partial charge on any atom is 0.163 e. The monoisotopic (exact) mass is 246 g/mol. The highest BCUT2D eigenvalue weighted by atomic mass is 16.5. The lowest BCUT2D eigenvalue weighted by molar-refractivity contribution is -0.197. The molecular formula is C15H18O3. The van der Waals surface area contributed by atoms with Gasteiger partial charge in [0.2, 0.25) is 0 Å². The van der Waals surface area contributed by atoms with Gasteiger partial charge in [0, 0.05) is 12.0 Å². The summed E-state index contributed by atoms with van der Waals surface area (Å²) in [4.78, 5) is 12.1. The number of Topliss-reactive ketones (excluding diaryl/α,β-unsaturated/α-hetero) is 1. The fourth-order valence-electron chi connectivity index (χ4n) is 3.05. The number of fused-ring (bicyclic) bond motifs is 3. The Morgan fingerprint density at radius 2 is 2.06 bits per heavy atom. The fourth-order valence-corrected chi connectivity index (χ4v) is 3.05. The van der Waals surface area contributed by atoms with Crippen LogP contribution in [0.3, 0.4) is 0 Å². The fraction of sp³-hybridized carbons (Fsp3) is 0.533. The SMILES string of the molecule is CC1(C)OC2c3ccccc3C(=O)CC2CC1O. The summed E-state index contributed by atoms with van der Waals surface area (Å²) >= 11 is 0. The van der Waals surface area contributed by atoms with E-state index in [-0.39, 0.29) is 17.8 Å². The van der Waals surface area contributed by atoms with E-state index in [1.54, 1.807) is 0 Å². The third-order valence-corrected chi connectivity index (χ3v) is 4.20. The molecule has 0 bridgehead atoms. The second kappa shape index (κ2) is 3.90. The van der Waals surface area contributed by atoms with E-state index < -0.39 is 11.7 Å². The van der Waals surface area contributed by atoms with Gasteiger partial charge < -0.3 is 9.84 Å². The van der Waals surface area contributed by atoms with Crippen molar-refractivity contribution in [3.05, 3.63) is 35.4 Å². The lowest BCUT2D eigenvalue weighted by Crippen LogP contribution is -2.49. The highest BCUT2D eigenvalue weighted by molar-refractivity contribution is 5.98. The van der Waals surface area contributed by atoms with Crippen LogP contribution in [-0.2, 0) is 4.74 Å². The average Bonchev–Trinajstić information content (AvgIpc) is 2.33. The second-order valence-corrected chi connectivity index (χ2v) is 5.87. The van der Waals surface area contributed by atoms with Gasteiger partial charge in [-0.1, -0.05) is 24.3 Å². The lowest BCUT2D eigenvalue weighted by atomic mass is 9.74. The van der Waals surface area contributed by atoms with Gasteiger partial charge in [0.1, 0.15) is 0 Å². The Balaban J connectivity index is 2.03. The standard InChI is InChI=1S/C15H18O3/c1-15(2)13(17)8-9-7-12(16)10-5-3-4-6-11(10)14(9)18-15/h3-6,9,13-14,17H,7-8H2,1-2H3. The van der Waals surface area contributed by atoms with Gasteiger partial charge in [-0.15, -0.1) is 0 Å². The number of hydrogen-bond acceptors (Lipinski definition) is 3. The first-order chi connectivity index (χ1) is 8.49. The Bertz CT molecular complexity index is 492. The third-order valence-electron chi connectivity index (χ3n) is 4.20. The van der Waals surface area contributed by atoms with E-state index in [2.05, 4.69) is 0 Å². The molecule has 18 heavy (non-hydrogen) atoms. The van der Waals surface area contributed by atoms with E-state index in [0.717, 1.165) is 11.1 Å². The molecule has 3 heteroatoms. The number of carbonyl (C=O) groups excluding carboxylic acids is 1. The summed E-state index contributed by atoms with van der Waals surface area (Å²) in [7, 11) is 0. The first kappa shape index (κ1) is 11.9. The Hall–Kier alpha value is -1.19. The van der Waals surface area contributed by atoms with Crippen molar-refractivity contribution in [2.75, 3.05) is 0 Å². The van der Waals surface area contributed by atoms with Crippen LogP contribution >= 0.6 is 0 Å². The number of ketones is 1. The van der Waals surface area contributed by atoms with Crippen LogP contribution in [0.15, 0.2) is 24.3 Å². The summed E-state index contributed by atoms with van der Waals surface area (Å²) in [5, 5.41) is 10.1. The molecule has 1 heterocycles. The Labute approximate surface area is 107 Å². The lowest BCUT2D eigenvalue weighted by Gasteiger charge is -2.46. The van der Waals surface area contributed by atoms with Crippen molar-refractivity contribution in [2.45, 2.75) is 44.5 Å². The number of rotatable bonds is 0. The Kier molecular flexibility index (Phi) is 2.57. The number of aliphatic hydroxyl groups is 1. The minimum Gasteiger partial charge on any atom is -0.390 e. The molecule has 3 rings (SSSR count). The molecule has 1 fully saturated rings. The van der Waals surface area contributed by atoms with Crippen molar-refractivity contribution >= 4 is 5.78 Å². The molecule has 1 saturated heterocycles. The van der Waals surface area contributed by atoms with Crippen LogP contribution in [0.25, 0.3) is 0 Å². The van der Waals surface area contributed by atoms with Crippen LogP contribution in [0.5, 0.6) is 0 Å². The third kappa shape index (κ3) is 1.70. The molecule has 3 atom stereocenters. The second-order valence-electron chi connectivity index (χ2n) is 5.87. The Morgan fingerprint density at radius 1 is 1.33 bits per heavy atom. The van der Waals surface area contributed by atoms with Crippen LogP contribution in [0.1, 0.15) is 48.7 Å². The molecule has 0 radical (unpaired) electrons. The minimum absolute atomic E-state index is 0.0581. The van der Waals surface area contributed by atoms with E-state index in [0.29, 0.717) is 12.8 Å². The molecule has 0 aromatic heterocycles. The summed E-state index contributed by atoms with van der Waals surface area (Å²) < 4.78 is 6.06. The van der Waals surface area contributed by atoms with E-state index >= 15 is 0 Å². The van der Waals surface area contributed by atoms with Gasteiger partial charge in [-0.25, -0.2) is 0 Å². The zero-order valence-electron chi connectivity index (χ0n) is 10.7. The van der Waals surface area contributed by atoms with Crippen molar-refractivity contribution in [2.24, 2.45) is 5.92 Å². The molecule has 1 N–H and O–H groups in total. The van der Waals surface area contributed by atoms with Crippen LogP contribution < -0.4 is 0 Å². The first-order valence-corrected chi connectivity index (χ1v) is 6.47. The van der Waals surface area contributed by atoms with Crippen molar-refractivity contribution < 1.29 is 14.6 Å². The van der Waals surface area contributed by atoms with Crippen LogP contribution in [0, 0.1) is 5.92 Å². The Morgan fingerprint density at radius 3 is 2.83 bits per heavy atom. The molecule has 96 valence electrons. The van der Waals surface area contributed by atoms with Crippen LogP contribution in [0.2, 0.25) is 0 Å². The van der Waals surface area contributed by atoms with Crippen molar-refractivity contribution in [1.29, 1.82) is 0 Å². The van der Waals surface area contributed by atoms with Gasteiger partial charge in [0.05, 0.1) is 17.8 Å². The summed E-state index contributed by atoms with van der Waals surface area (Å²) in [5.74, 6) is 0.276. The zero-order chi connectivity index (χ0) is 12.9. The highest BCUT2D eigenvalue weighted by Gasteiger charge is 2.46. The molecular weight excluding hydrogens is 228 g/mol. The summed E-state index contributed by atoms with van der Waals surface area (Å²) in [6.07, 6.45) is 0.557. The van der Waals surface area contributed by atoms with Gasteiger partial charge in [-0.05, 0) is 31.7 Å². The predicted molar refractivity (Wildman–Crippen MR) is 67.4 cm³/mol. The van der Waals surface area contributed by atoms with Crippen molar-refractivity contribution in [3.63, 3.8) is 0 Å². The van der Waals surface area contributed by atoms with Gasteiger partial charge in [0.15, 0.2) is 5.78 Å². The highest BCUT2D eigenvalue weighted by Crippen LogP contribution is 2.46. The largest absolute Gasteiger partial charge is 0.390 e. The number of carbonyl (C=O) groups is 1. The van der Waals surface area contributed by atoms with E-state index in [9.17, 15) is 9.90 Å². The quantitative estimate of drug-likeness (QED) is 0.765. The van der Waals surface area contributed by atoms with Gasteiger partial charge >= 0.3 is 0 Å². The predicted octanol–water partition coefficient (Wildman–Crippen LogP) is 2.49. The van der Waals surface area contributed by atoms with Crippen molar-refractivity contribution in [1.82, 2.24) is 0 Å². The number of ether oxygens (including phenoxy) is 1. The molecule has 3 unspecified atom stereocenters. The van der Waals surface area contributed by atoms with Crippen molar-refractivity contribution in [3.8, 4) is 0 Å². The van der Waals surface area contributed by atoms with E-state index in [4.69, 9.17) is 4.74 Å². The van der Waals surface area contributed by atoms with E-state index in [1.165, 1.54) is 0 Å². The molecule has 1 aliphatic carbocycles. The van der Waals surface area contributed by atoms with Gasteiger partial charge in [-0.3, -0.25) is 4.79 Å². The molecule has 1 aromatic rings. The number of aliphatic hydroxyl groups excluding tert-OH is 1. The molecule has 1 aromatic carbocycles. The maximum atomic E-state index is 12.1. The first-order valence-electron chi connectivity index (χ1n) is 6.47. The smallest absolute Gasteiger partial charge is 0.163 e. The molecule has 0 amide bonds. The summed E-state index contributed by atoms with van der Waals surface area (Å²) in [5.41, 5.74) is 1.22. The molecule has 2 aliphatic rings. The maximum absolute atomic E-state index is 12.1. The summed E-state index contributed by atoms with van der Waals surface area (Å²) in [6, 6.07) is 7.67. The minimum atomic E-state index is -0.547. The normalized spacial score (nSPS) is 33.7. The molecule has 1 aliphatic heterocycles. The zero-order valence-corrected chi connectivity index (χ0v) is 10.7. The molecule has 0 spiro atoms. The van der Waals surface area contributed by atoms with E-state index in [1.807, 2.05) is 38.1 Å².